The third-order valence-electron chi connectivity index (χ3n) is 3.41. The fourth-order valence-corrected chi connectivity index (χ4v) is 2.31. The smallest absolute Gasteiger partial charge is 0.191 e. The van der Waals surface area contributed by atoms with Crippen LogP contribution in [0.3, 0.4) is 0 Å². The molecule has 20 heavy (non-hydrogen) atoms. The minimum absolute atomic E-state index is 0.110. The quantitative estimate of drug-likeness (QED) is 0.378. The Morgan fingerprint density at radius 1 is 1.30 bits per heavy atom. The van der Waals surface area contributed by atoms with Gasteiger partial charge in [-0.1, -0.05) is 0 Å². The van der Waals surface area contributed by atoms with Crippen LogP contribution in [0.4, 0.5) is 0 Å². The lowest BCUT2D eigenvalue weighted by atomic mass is 9.93. The Labute approximate surface area is 123 Å². The Balaban J connectivity index is 2.27. The maximum Gasteiger partial charge on any atom is 0.191 e. The zero-order chi connectivity index (χ0) is 14.8. The van der Waals surface area contributed by atoms with E-state index < -0.39 is 0 Å². The molecule has 0 atom stereocenters. The van der Waals surface area contributed by atoms with Gasteiger partial charge in [0.15, 0.2) is 5.96 Å². The molecule has 0 spiro atoms. The summed E-state index contributed by atoms with van der Waals surface area (Å²) in [5.74, 6) is 0.887. The van der Waals surface area contributed by atoms with E-state index in [-0.39, 0.29) is 6.10 Å². The van der Waals surface area contributed by atoms with E-state index in [1.165, 1.54) is 0 Å². The number of nitrogens with zero attached hydrogens (tertiary/aromatic N) is 1. The highest BCUT2D eigenvalue weighted by atomic mass is 16.5. The third kappa shape index (κ3) is 7.70. The number of rotatable bonds is 7. The molecule has 3 N–H and O–H groups in total. The Hall–Kier alpha value is -0.810. The summed E-state index contributed by atoms with van der Waals surface area (Å²) < 4.78 is 5.51. The second-order valence-electron chi connectivity index (χ2n) is 5.68. The van der Waals surface area contributed by atoms with Crippen LogP contribution < -0.4 is 10.6 Å². The number of hydrogen-bond acceptors (Lipinski definition) is 3. The highest BCUT2D eigenvalue weighted by Crippen LogP contribution is 2.18. The van der Waals surface area contributed by atoms with Crippen molar-refractivity contribution in [1.82, 2.24) is 10.6 Å². The van der Waals surface area contributed by atoms with Gasteiger partial charge in [0.1, 0.15) is 0 Å². The molecular formula is C15H31N3O2. The lowest BCUT2D eigenvalue weighted by molar-refractivity contribution is 0.0782. The molecule has 1 aliphatic carbocycles. The number of aliphatic hydroxyl groups excluding tert-OH is 1. The highest BCUT2D eigenvalue weighted by Gasteiger charge is 2.19. The number of hydrogen-bond donors (Lipinski definition) is 3. The van der Waals surface area contributed by atoms with E-state index in [1.54, 1.807) is 0 Å². The molecule has 0 heterocycles. The molecule has 0 saturated heterocycles. The molecule has 118 valence electrons. The molecule has 5 heteroatoms. The van der Waals surface area contributed by atoms with E-state index >= 15 is 0 Å². The van der Waals surface area contributed by atoms with Crippen LogP contribution in [0.25, 0.3) is 0 Å². The summed E-state index contributed by atoms with van der Waals surface area (Å²) in [5, 5.41) is 16.3. The second kappa shape index (κ2) is 10.00. The Kier molecular flexibility index (Phi) is 8.62. The van der Waals surface area contributed by atoms with Crippen molar-refractivity contribution in [2.75, 3.05) is 19.7 Å². The molecule has 0 aromatic carbocycles. The number of aliphatic imine (C=N–C) groups is 1. The predicted molar refractivity (Wildman–Crippen MR) is 83.1 cm³/mol. The van der Waals surface area contributed by atoms with Gasteiger partial charge in [0.05, 0.1) is 12.2 Å². The van der Waals surface area contributed by atoms with Gasteiger partial charge in [-0.25, -0.2) is 0 Å². The first-order valence-electron chi connectivity index (χ1n) is 7.96. The lowest BCUT2D eigenvalue weighted by Gasteiger charge is -2.27. The molecule has 1 aliphatic rings. The first kappa shape index (κ1) is 17.2. The Bertz CT molecular complexity index is 274. The van der Waals surface area contributed by atoms with E-state index in [0.717, 1.165) is 57.8 Å². The van der Waals surface area contributed by atoms with Crippen molar-refractivity contribution in [2.24, 2.45) is 4.99 Å². The van der Waals surface area contributed by atoms with E-state index in [4.69, 9.17) is 4.74 Å². The number of guanidine groups is 1. The molecule has 0 aromatic rings. The van der Waals surface area contributed by atoms with Gasteiger partial charge < -0.3 is 20.5 Å². The maximum absolute atomic E-state index is 9.52. The molecule has 0 unspecified atom stereocenters. The summed E-state index contributed by atoms with van der Waals surface area (Å²) in [6.45, 7) is 8.57. The van der Waals surface area contributed by atoms with Crippen molar-refractivity contribution in [3.05, 3.63) is 0 Å². The SMILES string of the molecule is CCNC(=NCCCOC(C)C)NC1CCC(O)CC1. The standard InChI is InChI=1S/C15H31N3O2/c1-4-16-15(17-10-5-11-20-12(2)3)18-13-6-8-14(19)9-7-13/h12-14,19H,4-11H2,1-3H3,(H2,16,17,18). The number of ether oxygens (including phenoxy) is 1. The van der Waals surface area contributed by atoms with Crippen molar-refractivity contribution >= 4 is 5.96 Å². The van der Waals surface area contributed by atoms with Crippen molar-refractivity contribution in [1.29, 1.82) is 0 Å². The Morgan fingerprint density at radius 2 is 2.00 bits per heavy atom. The summed E-state index contributed by atoms with van der Waals surface area (Å²) in [4.78, 5) is 4.58. The molecule has 0 amide bonds. The maximum atomic E-state index is 9.52. The topological polar surface area (TPSA) is 65.9 Å². The van der Waals surface area contributed by atoms with Gasteiger partial charge in [-0.2, -0.15) is 0 Å². The van der Waals surface area contributed by atoms with Gasteiger partial charge in [0.2, 0.25) is 0 Å². The summed E-state index contributed by atoms with van der Waals surface area (Å²) in [5.41, 5.74) is 0. The molecule has 1 fully saturated rings. The average molecular weight is 285 g/mol. The molecule has 0 bridgehead atoms. The fourth-order valence-electron chi connectivity index (χ4n) is 2.31. The van der Waals surface area contributed by atoms with Crippen molar-refractivity contribution in [3.8, 4) is 0 Å². The predicted octanol–water partition coefficient (Wildman–Crippen LogP) is 1.66. The molecule has 0 aliphatic heterocycles. The number of aliphatic hydroxyl groups is 1. The minimum atomic E-state index is -0.110. The van der Waals surface area contributed by atoms with Crippen LogP contribution >= 0.6 is 0 Å². The zero-order valence-corrected chi connectivity index (χ0v) is 13.2. The summed E-state index contributed by atoms with van der Waals surface area (Å²) >= 11 is 0. The van der Waals surface area contributed by atoms with Crippen molar-refractivity contribution in [3.63, 3.8) is 0 Å². The molecule has 5 nitrogen and oxygen atoms in total. The third-order valence-corrected chi connectivity index (χ3v) is 3.41. The molecule has 1 saturated carbocycles. The minimum Gasteiger partial charge on any atom is -0.393 e. The first-order chi connectivity index (χ1) is 9.61. The second-order valence-corrected chi connectivity index (χ2v) is 5.68. The van der Waals surface area contributed by atoms with Crippen LogP contribution in [0.1, 0.15) is 52.9 Å². The van der Waals surface area contributed by atoms with E-state index in [2.05, 4.69) is 22.5 Å². The monoisotopic (exact) mass is 285 g/mol. The van der Waals surface area contributed by atoms with Gasteiger partial charge in [0, 0.05) is 25.7 Å². The van der Waals surface area contributed by atoms with Crippen LogP contribution in [0.2, 0.25) is 0 Å². The van der Waals surface area contributed by atoms with Crippen molar-refractivity contribution < 1.29 is 9.84 Å². The van der Waals surface area contributed by atoms with Crippen molar-refractivity contribution in [2.45, 2.75) is 71.1 Å². The number of nitrogens with one attached hydrogen (secondary N) is 2. The van der Waals surface area contributed by atoms with E-state index in [9.17, 15) is 5.11 Å². The normalized spacial score (nSPS) is 23.9. The van der Waals surface area contributed by atoms with Gasteiger partial charge in [-0.15, -0.1) is 0 Å². The first-order valence-corrected chi connectivity index (χ1v) is 7.96. The molecule has 1 rings (SSSR count). The van der Waals surface area contributed by atoms with Crippen LogP contribution in [0.5, 0.6) is 0 Å². The van der Waals surface area contributed by atoms with Crippen LogP contribution in [-0.2, 0) is 4.74 Å². The highest BCUT2D eigenvalue weighted by molar-refractivity contribution is 5.80. The van der Waals surface area contributed by atoms with Crippen LogP contribution in [0.15, 0.2) is 4.99 Å². The average Bonchev–Trinajstić information content (AvgIpc) is 2.40. The van der Waals surface area contributed by atoms with Gasteiger partial charge in [-0.05, 0) is 52.9 Å². The fraction of sp³-hybridized carbons (Fsp3) is 0.933. The van der Waals surface area contributed by atoms with Crippen LogP contribution in [0, 0.1) is 0 Å². The molecule has 0 radical (unpaired) electrons. The van der Waals surface area contributed by atoms with E-state index in [0.29, 0.717) is 12.1 Å². The summed E-state index contributed by atoms with van der Waals surface area (Å²) in [6, 6.07) is 0.433. The molecule has 0 aromatic heterocycles. The Morgan fingerprint density at radius 3 is 2.60 bits per heavy atom. The summed E-state index contributed by atoms with van der Waals surface area (Å²) in [7, 11) is 0. The lowest BCUT2D eigenvalue weighted by Crippen LogP contribution is -2.45. The van der Waals surface area contributed by atoms with E-state index in [1.807, 2.05) is 13.8 Å². The largest absolute Gasteiger partial charge is 0.393 e. The van der Waals surface area contributed by atoms with Gasteiger partial charge in [0.25, 0.3) is 0 Å². The summed E-state index contributed by atoms with van der Waals surface area (Å²) in [6.07, 6.45) is 4.93. The van der Waals surface area contributed by atoms with Gasteiger partial charge in [-0.3, -0.25) is 4.99 Å². The van der Waals surface area contributed by atoms with Gasteiger partial charge >= 0.3 is 0 Å². The zero-order valence-electron chi connectivity index (χ0n) is 13.2. The van der Waals surface area contributed by atoms with Crippen LogP contribution in [-0.4, -0.2) is 49.0 Å². The molecular weight excluding hydrogens is 254 g/mol.